The lowest BCUT2D eigenvalue weighted by Gasteiger charge is -2.08. The number of hydrogen-bond acceptors (Lipinski definition) is 4. The average Bonchev–Trinajstić information content (AvgIpc) is 3.11. The first-order valence-electron chi connectivity index (χ1n) is 9.19. The Hall–Kier alpha value is -3.22. The molecule has 0 bridgehead atoms. The molecule has 0 unspecified atom stereocenters. The molecule has 0 aliphatic heterocycles. The Morgan fingerprint density at radius 3 is 2.57 bits per heavy atom. The zero-order chi connectivity index (χ0) is 21.1. The van der Waals surface area contributed by atoms with Gasteiger partial charge in [0, 0.05) is 17.8 Å². The van der Waals surface area contributed by atoms with Crippen molar-refractivity contribution in [2.24, 2.45) is 0 Å². The monoisotopic (exact) mass is 441 g/mol. The smallest absolute Gasteiger partial charge is 0.417 e. The summed E-state index contributed by atoms with van der Waals surface area (Å²) in [6, 6.07) is 17.4. The van der Waals surface area contributed by atoms with Gasteiger partial charge in [0.2, 0.25) is 0 Å². The predicted molar refractivity (Wildman–Crippen MR) is 119 cm³/mol. The summed E-state index contributed by atoms with van der Waals surface area (Å²) in [7, 11) is 0. The van der Waals surface area contributed by atoms with Crippen LogP contribution in [-0.2, 0) is 0 Å². The van der Waals surface area contributed by atoms with Crippen LogP contribution in [0.5, 0.6) is 11.5 Å². The number of nitrogens with one attached hydrogen (secondary N) is 2. The maximum absolute atomic E-state index is 12.3. The molecule has 2 N–H and O–H groups in total. The molecule has 4 aromatic rings. The number of halogens is 2. The summed E-state index contributed by atoms with van der Waals surface area (Å²) in [5, 5.41) is 3.67. The van der Waals surface area contributed by atoms with Crippen LogP contribution in [0.3, 0.4) is 0 Å². The maximum atomic E-state index is 12.3. The molecule has 1 heterocycles. The Bertz CT molecular complexity index is 1200. The zero-order valence-corrected chi connectivity index (χ0v) is 17.4. The van der Waals surface area contributed by atoms with Crippen molar-refractivity contribution in [3.05, 3.63) is 70.7 Å². The number of aromatic nitrogens is 2. The Morgan fingerprint density at radius 2 is 1.80 bits per heavy atom. The molecule has 6 nitrogen and oxygen atoms in total. The summed E-state index contributed by atoms with van der Waals surface area (Å²) in [6.45, 7) is 2.44. The van der Waals surface area contributed by atoms with Gasteiger partial charge in [-0.05, 0) is 43.3 Å². The SMILES string of the molecule is CCOc1cccc(NC(=O)Oc2ccc3nc(-c4c(Cl)cccc4Cl)[nH]c3c2)c1. The fourth-order valence-electron chi connectivity index (χ4n) is 2.98. The number of carbonyl (C=O) groups is 1. The van der Waals surface area contributed by atoms with Gasteiger partial charge < -0.3 is 14.5 Å². The van der Waals surface area contributed by atoms with Gasteiger partial charge in [-0.1, -0.05) is 35.3 Å². The third-order valence-corrected chi connectivity index (χ3v) is 4.88. The molecule has 152 valence electrons. The first-order chi connectivity index (χ1) is 14.5. The van der Waals surface area contributed by atoms with Crippen molar-refractivity contribution < 1.29 is 14.3 Å². The van der Waals surface area contributed by atoms with Crippen molar-refractivity contribution >= 4 is 46.0 Å². The second-order valence-corrected chi connectivity index (χ2v) is 7.15. The maximum Gasteiger partial charge on any atom is 0.417 e. The van der Waals surface area contributed by atoms with Crippen molar-refractivity contribution in [3.63, 3.8) is 0 Å². The molecular weight excluding hydrogens is 425 g/mol. The largest absolute Gasteiger partial charge is 0.494 e. The van der Waals surface area contributed by atoms with Crippen LogP contribution in [0.1, 0.15) is 6.92 Å². The van der Waals surface area contributed by atoms with Crippen molar-refractivity contribution in [2.45, 2.75) is 6.92 Å². The van der Waals surface area contributed by atoms with Gasteiger partial charge in [-0.3, -0.25) is 5.32 Å². The lowest BCUT2D eigenvalue weighted by atomic mass is 10.2. The second kappa shape index (κ2) is 8.65. The normalized spacial score (nSPS) is 10.8. The Morgan fingerprint density at radius 1 is 1.03 bits per heavy atom. The number of nitrogens with zero attached hydrogens (tertiary/aromatic N) is 1. The number of benzene rings is 3. The van der Waals surface area contributed by atoms with Crippen LogP contribution < -0.4 is 14.8 Å². The summed E-state index contributed by atoms with van der Waals surface area (Å²) in [4.78, 5) is 20.0. The highest BCUT2D eigenvalue weighted by atomic mass is 35.5. The van der Waals surface area contributed by atoms with Crippen molar-refractivity contribution in [1.82, 2.24) is 9.97 Å². The Labute approximate surface area is 182 Å². The molecule has 0 saturated heterocycles. The van der Waals surface area contributed by atoms with Crippen molar-refractivity contribution in [2.75, 3.05) is 11.9 Å². The summed E-state index contributed by atoms with van der Waals surface area (Å²) >= 11 is 12.5. The number of anilines is 1. The predicted octanol–water partition coefficient (Wildman–Crippen LogP) is 6.55. The Balaban J connectivity index is 1.52. The van der Waals surface area contributed by atoms with E-state index in [2.05, 4.69) is 15.3 Å². The molecule has 0 fully saturated rings. The van der Waals surface area contributed by atoms with Gasteiger partial charge in [0.25, 0.3) is 0 Å². The topological polar surface area (TPSA) is 76.2 Å². The van der Waals surface area contributed by atoms with E-state index in [9.17, 15) is 4.79 Å². The van der Waals surface area contributed by atoms with Crippen LogP contribution in [0.25, 0.3) is 22.4 Å². The molecule has 8 heteroatoms. The van der Waals surface area contributed by atoms with Crippen LogP contribution in [0.2, 0.25) is 10.0 Å². The van der Waals surface area contributed by atoms with E-state index < -0.39 is 6.09 Å². The van der Waals surface area contributed by atoms with Gasteiger partial charge in [0.15, 0.2) is 0 Å². The number of aromatic amines is 1. The fraction of sp³-hybridized carbons (Fsp3) is 0.0909. The van der Waals surface area contributed by atoms with Crippen LogP contribution in [0.4, 0.5) is 10.5 Å². The van der Waals surface area contributed by atoms with Crippen LogP contribution in [0.15, 0.2) is 60.7 Å². The van der Waals surface area contributed by atoms with Gasteiger partial charge in [-0.25, -0.2) is 9.78 Å². The molecule has 3 aromatic carbocycles. The van der Waals surface area contributed by atoms with Crippen LogP contribution in [0, 0.1) is 0 Å². The van der Waals surface area contributed by atoms with E-state index >= 15 is 0 Å². The van der Waals surface area contributed by atoms with E-state index in [4.69, 9.17) is 32.7 Å². The van der Waals surface area contributed by atoms with Gasteiger partial charge in [-0.15, -0.1) is 0 Å². The first-order valence-corrected chi connectivity index (χ1v) is 9.95. The summed E-state index contributed by atoms with van der Waals surface area (Å²) in [5.74, 6) is 1.57. The summed E-state index contributed by atoms with van der Waals surface area (Å²) in [6.07, 6.45) is -0.614. The van der Waals surface area contributed by atoms with Gasteiger partial charge in [0.1, 0.15) is 17.3 Å². The number of ether oxygens (including phenoxy) is 2. The van der Waals surface area contributed by atoms with Gasteiger partial charge >= 0.3 is 6.09 Å². The third kappa shape index (κ3) is 4.35. The van der Waals surface area contributed by atoms with Crippen molar-refractivity contribution in [1.29, 1.82) is 0 Å². The number of H-pyrrole nitrogens is 1. The highest BCUT2D eigenvalue weighted by Gasteiger charge is 2.14. The molecule has 0 aliphatic rings. The van der Waals surface area contributed by atoms with Crippen molar-refractivity contribution in [3.8, 4) is 22.9 Å². The molecular formula is C22H17Cl2N3O3. The molecule has 30 heavy (non-hydrogen) atoms. The van der Waals surface area contributed by atoms with Gasteiger partial charge in [-0.2, -0.15) is 0 Å². The number of carbonyl (C=O) groups excluding carboxylic acids is 1. The van der Waals surface area contributed by atoms with E-state index in [1.54, 1.807) is 54.6 Å². The standard InChI is InChI=1S/C22H17Cl2N3O3/c1-2-29-14-6-3-5-13(11-14)25-22(28)30-15-9-10-18-19(12-15)27-21(26-18)20-16(23)7-4-8-17(20)24/h3-12H,2H2,1H3,(H,25,28)(H,26,27). The van der Waals surface area contributed by atoms with Crippen LogP contribution >= 0.6 is 23.2 Å². The molecule has 1 aromatic heterocycles. The molecule has 4 rings (SSSR count). The van der Waals surface area contributed by atoms with E-state index in [0.29, 0.717) is 56.3 Å². The van der Waals surface area contributed by atoms with E-state index in [1.165, 1.54) is 0 Å². The minimum atomic E-state index is -0.614. The number of amides is 1. The van der Waals surface area contributed by atoms with E-state index in [0.717, 1.165) is 0 Å². The highest BCUT2D eigenvalue weighted by Crippen LogP contribution is 2.34. The summed E-state index contributed by atoms with van der Waals surface area (Å²) in [5.41, 5.74) is 2.57. The molecule has 1 amide bonds. The third-order valence-electron chi connectivity index (χ3n) is 4.25. The van der Waals surface area contributed by atoms with Crippen LogP contribution in [-0.4, -0.2) is 22.7 Å². The van der Waals surface area contributed by atoms with E-state index in [1.807, 2.05) is 13.0 Å². The lowest BCUT2D eigenvalue weighted by molar-refractivity contribution is 0.215. The molecule has 0 spiro atoms. The van der Waals surface area contributed by atoms with E-state index in [-0.39, 0.29) is 0 Å². The average molecular weight is 442 g/mol. The second-order valence-electron chi connectivity index (χ2n) is 6.34. The highest BCUT2D eigenvalue weighted by molar-refractivity contribution is 6.39. The lowest BCUT2D eigenvalue weighted by Crippen LogP contribution is -2.16. The first kappa shape index (κ1) is 20.1. The molecule has 0 atom stereocenters. The number of hydrogen-bond donors (Lipinski definition) is 2. The number of rotatable bonds is 5. The molecule has 0 radical (unpaired) electrons. The number of imidazole rings is 1. The summed E-state index contributed by atoms with van der Waals surface area (Å²) < 4.78 is 10.8. The zero-order valence-electron chi connectivity index (χ0n) is 15.9. The number of fused-ring (bicyclic) bond motifs is 1. The molecule has 0 aliphatic carbocycles. The minimum absolute atomic E-state index is 0.362. The fourth-order valence-corrected chi connectivity index (χ4v) is 3.55. The van der Waals surface area contributed by atoms with Gasteiger partial charge in [0.05, 0.1) is 33.2 Å². The quantitative estimate of drug-likeness (QED) is 0.368. The Kier molecular flexibility index (Phi) is 5.79. The minimum Gasteiger partial charge on any atom is -0.494 e. The molecule has 0 saturated carbocycles.